The minimum Gasteiger partial charge on any atom is -0.465 e. The van der Waals surface area contributed by atoms with Crippen LogP contribution in [0.2, 0.25) is 0 Å². The van der Waals surface area contributed by atoms with Crippen molar-refractivity contribution in [2.24, 2.45) is 5.73 Å². The Labute approximate surface area is 106 Å². The summed E-state index contributed by atoms with van der Waals surface area (Å²) < 4.78 is 9.49. The quantitative estimate of drug-likeness (QED) is 0.787. The fourth-order valence-electron chi connectivity index (χ4n) is 1.58. The smallest absolute Gasteiger partial charge is 0.338 e. The molecule has 0 saturated heterocycles. The summed E-state index contributed by atoms with van der Waals surface area (Å²) in [5.41, 5.74) is 6.81. The van der Waals surface area contributed by atoms with Crippen LogP contribution in [0.1, 0.15) is 22.8 Å². The van der Waals surface area contributed by atoms with Crippen molar-refractivity contribution in [3.8, 4) is 0 Å². The van der Waals surface area contributed by atoms with Crippen LogP contribution in [-0.4, -0.2) is 31.7 Å². The van der Waals surface area contributed by atoms with Crippen molar-refractivity contribution in [2.45, 2.75) is 19.4 Å². The molecule has 0 aliphatic rings. The van der Waals surface area contributed by atoms with Crippen LogP contribution in [0.25, 0.3) is 0 Å². The van der Waals surface area contributed by atoms with Crippen molar-refractivity contribution in [1.29, 1.82) is 0 Å². The zero-order valence-electron chi connectivity index (χ0n) is 10.5. The third-order valence-electron chi connectivity index (χ3n) is 2.45. The molecule has 1 aromatic carbocycles. The van der Waals surface area contributed by atoms with Crippen LogP contribution in [0, 0.1) is 0 Å². The summed E-state index contributed by atoms with van der Waals surface area (Å²) in [4.78, 5) is 23.0. The lowest BCUT2D eigenvalue weighted by molar-refractivity contribution is -0.144. The standard InChI is InChI=1S/C13H17NO4/c1-3-18-13(16)11(14)8-9-6-4-5-7-10(9)12(15)17-2/h4-7,11H,3,8,14H2,1-2H3. The molecule has 0 heterocycles. The number of ether oxygens (including phenoxy) is 2. The molecule has 0 aliphatic heterocycles. The maximum atomic E-state index is 11.5. The topological polar surface area (TPSA) is 78.6 Å². The Balaban J connectivity index is 2.84. The summed E-state index contributed by atoms with van der Waals surface area (Å²) in [7, 11) is 1.31. The van der Waals surface area contributed by atoms with Gasteiger partial charge in [-0.15, -0.1) is 0 Å². The lowest BCUT2D eigenvalue weighted by Gasteiger charge is -2.12. The predicted octanol–water partition coefficient (Wildman–Crippen LogP) is 0.906. The molecule has 0 aromatic heterocycles. The highest BCUT2D eigenvalue weighted by Crippen LogP contribution is 2.12. The molecule has 1 unspecified atom stereocenters. The molecule has 0 spiro atoms. The average Bonchev–Trinajstić information content (AvgIpc) is 2.38. The van der Waals surface area contributed by atoms with E-state index >= 15 is 0 Å². The molecule has 1 rings (SSSR count). The molecule has 0 saturated carbocycles. The van der Waals surface area contributed by atoms with Crippen molar-refractivity contribution in [1.82, 2.24) is 0 Å². The number of hydrogen-bond acceptors (Lipinski definition) is 5. The summed E-state index contributed by atoms with van der Waals surface area (Å²) in [5.74, 6) is -0.918. The van der Waals surface area contributed by atoms with Gasteiger partial charge >= 0.3 is 11.9 Å². The van der Waals surface area contributed by atoms with E-state index in [4.69, 9.17) is 10.5 Å². The normalized spacial score (nSPS) is 11.7. The maximum Gasteiger partial charge on any atom is 0.338 e. The van der Waals surface area contributed by atoms with Crippen LogP contribution in [0.5, 0.6) is 0 Å². The average molecular weight is 251 g/mol. The summed E-state index contributed by atoms with van der Waals surface area (Å²) in [5, 5.41) is 0. The fraction of sp³-hybridized carbons (Fsp3) is 0.385. The molecule has 1 atom stereocenters. The van der Waals surface area contributed by atoms with E-state index in [9.17, 15) is 9.59 Å². The second kappa shape index (κ2) is 6.76. The van der Waals surface area contributed by atoms with Crippen LogP contribution < -0.4 is 5.73 Å². The van der Waals surface area contributed by atoms with Gasteiger partial charge in [-0.25, -0.2) is 4.79 Å². The molecule has 18 heavy (non-hydrogen) atoms. The van der Waals surface area contributed by atoms with E-state index in [0.717, 1.165) is 0 Å². The first-order valence-electron chi connectivity index (χ1n) is 5.68. The second-order valence-corrected chi connectivity index (χ2v) is 3.71. The molecule has 1 aromatic rings. The SMILES string of the molecule is CCOC(=O)C(N)Cc1ccccc1C(=O)OC. The number of rotatable bonds is 5. The van der Waals surface area contributed by atoms with Crippen LogP contribution in [-0.2, 0) is 20.7 Å². The van der Waals surface area contributed by atoms with Gasteiger partial charge in [0.05, 0.1) is 19.3 Å². The van der Waals surface area contributed by atoms with Gasteiger partial charge in [0, 0.05) is 0 Å². The third-order valence-corrected chi connectivity index (χ3v) is 2.45. The molecule has 0 bridgehead atoms. The third kappa shape index (κ3) is 3.56. The van der Waals surface area contributed by atoms with Crippen molar-refractivity contribution in [2.75, 3.05) is 13.7 Å². The zero-order valence-corrected chi connectivity index (χ0v) is 10.5. The van der Waals surface area contributed by atoms with Gasteiger partial charge in [0.25, 0.3) is 0 Å². The first-order chi connectivity index (χ1) is 8.60. The first-order valence-corrected chi connectivity index (χ1v) is 5.68. The first kappa shape index (κ1) is 14.2. The van der Waals surface area contributed by atoms with Crippen LogP contribution >= 0.6 is 0 Å². The highest BCUT2D eigenvalue weighted by molar-refractivity contribution is 5.91. The van der Waals surface area contributed by atoms with Crippen LogP contribution in [0.3, 0.4) is 0 Å². The predicted molar refractivity (Wildman–Crippen MR) is 66.1 cm³/mol. The number of nitrogens with two attached hydrogens (primary N) is 1. The van der Waals surface area contributed by atoms with Gasteiger partial charge < -0.3 is 15.2 Å². The number of carbonyl (C=O) groups excluding carboxylic acids is 2. The van der Waals surface area contributed by atoms with Gasteiger partial charge in [-0.1, -0.05) is 18.2 Å². The summed E-state index contributed by atoms with van der Waals surface area (Å²) in [6.07, 6.45) is 0.240. The number of hydrogen-bond donors (Lipinski definition) is 1. The summed E-state index contributed by atoms with van der Waals surface area (Å²) in [6, 6.07) is 6.10. The molecule has 5 heteroatoms. The van der Waals surface area contributed by atoms with Gasteiger partial charge in [-0.3, -0.25) is 4.79 Å². The van der Waals surface area contributed by atoms with Crippen molar-refractivity contribution >= 4 is 11.9 Å². The maximum absolute atomic E-state index is 11.5. The molecular formula is C13H17NO4. The van der Waals surface area contributed by atoms with Crippen molar-refractivity contribution in [3.63, 3.8) is 0 Å². The molecule has 98 valence electrons. The molecule has 0 aliphatic carbocycles. The Bertz CT molecular complexity index is 431. The van der Waals surface area contributed by atoms with Crippen LogP contribution in [0.4, 0.5) is 0 Å². The van der Waals surface area contributed by atoms with E-state index < -0.39 is 18.0 Å². The number of benzene rings is 1. The highest BCUT2D eigenvalue weighted by Gasteiger charge is 2.19. The number of esters is 2. The molecule has 0 amide bonds. The Morgan fingerprint density at radius 1 is 1.33 bits per heavy atom. The van der Waals surface area contributed by atoms with Gasteiger partial charge in [-0.05, 0) is 25.0 Å². The minimum atomic E-state index is -0.782. The fourth-order valence-corrected chi connectivity index (χ4v) is 1.58. The minimum absolute atomic E-state index is 0.240. The Morgan fingerprint density at radius 3 is 2.61 bits per heavy atom. The van der Waals surface area contributed by atoms with Gasteiger partial charge in [0.2, 0.25) is 0 Å². The molecule has 0 radical (unpaired) electrons. The largest absolute Gasteiger partial charge is 0.465 e. The number of methoxy groups -OCH3 is 1. The Morgan fingerprint density at radius 2 is 2.00 bits per heavy atom. The lowest BCUT2D eigenvalue weighted by Crippen LogP contribution is -2.34. The van der Waals surface area contributed by atoms with E-state index in [-0.39, 0.29) is 13.0 Å². The molecule has 2 N–H and O–H groups in total. The van der Waals surface area contributed by atoms with Gasteiger partial charge in [0.15, 0.2) is 0 Å². The van der Waals surface area contributed by atoms with Crippen LogP contribution in [0.15, 0.2) is 24.3 Å². The molecular weight excluding hydrogens is 234 g/mol. The van der Waals surface area contributed by atoms with E-state index in [1.807, 2.05) is 0 Å². The van der Waals surface area contributed by atoms with Gasteiger partial charge in [0.1, 0.15) is 6.04 Å². The molecule has 0 fully saturated rings. The summed E-state index contributed by atoms with van der Waals surface area (Å²) >= 11 is 0. The second-order valence-electron chi connectivity index (χ2n) is 3.71. The number of carbonyl (C=O) groups is 2. The molecule has 5 nitrogen and oxygen atoms in total. The van der Waals surface area contributed by atoms with E-state index in [2.05, 4.69) is 4.74 Å². The Kier molecular flexibility index (Phi) is 5.32. The zero-order chi connectivity index (χ0) is 13.5. The van der Waals surface area contributed by atoms with Crippen molar-refractivity contribution in [3.05, 3.63) is 35.4 Å². The Hall–Kier alpha value is -1.88. The lowest BCUT2D eigenvalue weighted by atomic mass is 10.0. The van der Waals surface area contributed by atoms with E-state index in [0.29, 0.717) is 11.1 Å². The van der Waals surface area contributed by atoms with Crippen molar-refractivity contribution < 1.29 is 19.1 Å². The van der Waals surface area contributed by atoms with E-state index in [1.165, 1.54) is 7.11 Å². The highest BCUT2D eigenvalue weighted by atomic mass is 16.5. The van der Waals surface area contributed by atoms with E-state index in [1.54, 1.807) is 31.2 Å². The summed E-state index contributed by atoms with van der Waals surface area (Å²) in [6.45, 7) is 2.00. The monoisotopic (exact) mass is 251 g/mol. The van der Waals surface area contributed by atoms with Gasteiger partial charge in [-0.2, -0.15) is 0 Å².